The van der Waals surface area contributed by atoms with Crippen LogP contribution in [0.4, 0.5) is 0 Å². The van der Waals surface area contributed by atoms with Gasteiger partial charge in [0.15, 0.2) is 17.3 Å². The number of carbonyl (C=O) groups excluding carboxylic acids is 1. The zero-order valence-electron chi connectivity index (χ0n) is 14.1. The Morgan fingerprint density at radius 2 is 1.54 bits per heavy atom. The van der Waals surface area contributed by atoms with Gasteiger partial charge in [-0.05, 0) is 23.1 Å². The summed E-state index contributed by atoms with van der Waals surface area (Å²) in [7, 11) is 0. The number of hydrogen-bond donors (Lipinski definition) is 3. The van der Waals surface area contributed by atoms with Crippen molar-refractivity contribution in [3.63, 3.8) is 0 Å². The molecule has 2 aromatic rings. The maximum Gasteiger partial charge on any atom is 0.190 e. The number of benzene rings is 2. The number of phenols is 3. The largest absolute Gasteiger partial charge is 0.507 e. The van der Waals surface area contributed by atoms with Gasteiger partial charge < -0.3 is 15.3 Å². The average molecular weight is 326 g/mol. The van der Waals surface area contributed by atoms with Gasteiger partial charge in [-0.2, -0.15) is 0 Å². The van der Waals surface area contributed by atoms with Crippen LogP contribution in [0.25, 0.3) is 5.57 Å². The summed E-state index contributed by atoms with van der Waals surface area (Å²) in [4.78, 5) is 12.1. The summed E-state index contributed by atoms with van der Waals surface area (Å²) in [5, 5.41) is 29.2. The Hall–Kier alpha value is -2.75. The van der Waals surface area contributed by atoms with Gasteiger partial charge in [0, 0.05) is 18.1 Å². The van der Waals surface area contributed by atoms with E-state index in [1.165, 1.54) is 6.08 Å². The van der Waals surface area contributed by atoms with Crippen LogP contribution < -0.4 is 0 Å². The van der Waals surface area contributed by atoms with Crippen LogP contribution in [0.15, 0.2) is 42.5 Å². The predicted molar refractivity (Wildman–Crippen MR) is 94.4 cm³/mol. The van der Waals surface area contributed by atoms with Crippen molar-refractivity contribution in [2.75, 3.05) is 0 Å². The van der Waals surface area contributed by atoms with Crippen molar-refractivity contribution in [1.29, 1.82) is 0 Å². The molecule has 1 aliphatic rings. The molecular formula is C20H22O4. The van der Waals surface area contributed by atoms with Crippen LogP contribution in [-0.2, 0) is 6.42 Å². The highest BCUT2D eigenvalue weighted by Gasteiger charge is 2.26. The number of fused-ring (bicyclic) bond motifs is 1. The Labute approximate surface area is 141 Å². The number of carbonyl (C=O) groups is 1. The van der Waals surface area contributed by atoms with Gasteiger partial charge in [0.1, 0.15) is 5.75 Å². The van der Waals surface area contributed by atoms with E-state index in [4.69, 9.17) is 0 Å². The van der Waals surface area contributed by atoms with E-state index in [0.29, 0.717) is 0 Å². The van der Waals surface area contributed by atoms with Gasteiger partial charge in [-0.1, -0.05) is 51.1 Å². The first kappa shape index (κ1) is 17.6. The van der Waals surface area contributed by atoms with Crippen molar-refractivity contribution in [3.05, 3.63) is 59.2 Å². The molecule has 24 heavy (non-hydrogen) atoms. The molecule has 0 aromatic heterocycles. The second kappa shape index (κ2) is 7.21. The van der Waals surface area contributed by atoms with E-state index in [1.54, 1.807) is 0 Å². The van der Waals surface area contributed by atoms with Crippen molar-refractivity contribution in [2.45, 2.75) is 27.2 Å². The molecule has 3 rings (SSSR count). The highest BCUT2D eigenvalue weighted by Crippen LogP contribution is 2.42. The van der Waals surface area contributed by atoms with Crippen molar-refractivity contribution in [1.82, 2.24) is 0 Å². The van der Waals surface area contributed by atoms with Crippen molar-refractivity contribution in [3.8, 4) is 17.2 Å². The number of hydrogen-bond acceptors (Lipinski definition) is 4. The molecule has 2 aromatic carbocycles. The van der Waals surface area contributed by atoms with Gasteiger partial charge in [-0.15, -0.1) is 0 Å². The van der Waals surface area contributed by atoms with Gasteiger partial charge in [-0.3, -0.25) is 4.79 Å². The Bertz CT molecular complexity index is 771. The van der Waals surface area contributed by atoms with Crippen molar-refractivity contribution >= 4 is 11.4 Å². The molecular weight excluding hydrogens is 304 g/mol. The quantitative estimate of drug-likeness (QED) is 0.540. The SMILES string of the molecule is CC(C)C.O=C1C=C(c2ccccc2)Cc2c(O)c(O)cc(O)c21. The topological polar surface area (TPSA) is 77.8 Å². The number of ketones is 1. The van der Waals surface area contributed by atoms with Gasteiger partial charge in [0.2, 0.25) is 0 Å². The maximum absolute atomic E-state index is 12.1. The van der Waals surface area contributed by atoms with E-state index in [0.717, 1.165) is 23.1 Å². The summed E-state index contributed by atoms with van der Waals surface area (Å²) >= 11 is 0. The third kappa shape index (κ3) is 3.77. The molecule has 0 amide bonds. The van der Waals surface area contributed by atoms with Crippen LogP contribution in [-0.4, -0.2) is 21.1 Å². The first-order valence-corrected chi connectivity index (χ1v) is 7.88. The zero-order valence-corrected chi connectivity index (χ0v) is 14.1. The standard InChI is InChI=1S/C16H12O4.C4H10/c17-12-7-10(9-4-2-1-3-5-9)6-11-15(12)13(18)8-14(19)16(11)20;1-4(2)3/h1-5,7-8,18-20H,6H2;4H,1-3H3. The van der Waals surface area contributed by atoms with Crippen LogP contribution in [0.3, 0.4) is 0 Å². The fourth-order valence-corrected chi connectivity index (χ4v) is 2.45. The predicted octanol–water partition coefficient (Wildman–Crippen LogP) is 4.29. The number of rotatable bonds is 1. The molecule has 0 unspecified atom stereocenters. The lowest BCUT2D eigenvalue weighted by Crippen LogP contribution is -2.10. The Kier molecular flexibility index (Phi) is 5.29. The molecule has 0 atom stereocenters. The second-order valence-electron chi connectivity index (χ2n) is 6.43. The summed E-state index contributed by atoms with van der Waals surface area (Å²) in [6, 6.07) is 10.3. The molecule has 0 spiro atoms. The molecule has 3 N–H and O–H groups in total. The molecule has 4 heteroatoms. The second-order valence-corrected chi connectivity index (χ2v) is 6.43. The van der Waals surface area contributed by atoms with Gasteiger partial charge in [-0.25, -0.2) is 0 Å². The van der Waals surface area contributed by atoms with Crippen molar-refractivity contribution in [2.24, 2.45) is 5.92 Å². The lowest BCUT2D eigenvalue weighted by atomic mass is 9.86. The number of allylic oxidation sites excluding steroid dienone is 2. The summed E-state index contributed by atoms with van der Waals surface area (Å²) in [6.07, 6.45) is 1.73. The summed E-state index contributed by atoms with van der Waals surface area (Å²) < 4.78 is 0. The Morgan fingerprint density at radius 3 is 2.12 bits per heavy atom. The molecule has 0 radical (unpaired) electrons. The van der Waals surface area contributed by atoms with Gasteiger partial charge in [0.25, 0.3) is 0 Å². The number of phenolic OH excluding ortho intramolecular Hbond substituents is 3. The van der Waals surface area contributed by atoms with E-state index < -0.39 is 5.75 Å². The Balaban J connectivity index is 0.000000471. The molecule has 0 bridgehead atoms. The summed E-state index contributed by atoms with van der Waals surface area (Å²) in [5.41, 5.74) is 1.92. The van der Waals surface area contributed by atoms with Crippen LogP contribution in [0.2, 0.25) is 0 Å². The van der Waals surface area contributed by atoms with E-state index in [9.17, 15) is 20.1 Å². The molecule has 0 fully saturated rings. The average Bonchev–Trinajstić information content (AvgIpc) is 2.52. The minimum absolute atomic E-state index is 0.0555. The minimum atomic E-state index is -0.427. The summed E-state index contributed by atoms with van der Waals surface area (Å²) in [6.45, 7) is 6.50. The fourth-order valence-electron chi connectivity index (χ4n) is 2.45. The van der Waals surface area contributed by atoms with E-state index in [-0.39, 0.29) is 34.8 Å². The van der Waals surface area contributed by atoms with Gasteiger partial charge in [0.05, 0.1) is 5.56 Å². The van der Waals surface area contributed by atoms with E-state index in [1.807, 2.05) is 30.3 Å². The maximum atomic E-state index is 12.1. The highest BCUT2D eigenvalue weighted by molar-refractivity contribution is 6.14. The first-order valence-electron chi connectivity index (χ1n) is 7.88. The molecule has 0 saturated carbocycles. The third-order valence-electron chi connectivity index (χ3n) is 3.42. The lowest BCUT2D eigenvalue weighted by Gasteiger charge is -2.19. The van der Waals surface area contributed by atoms with E-state index >= 15 is 0 Å². The van der Waals surface area contributed by atoms with Crippen LogP contribution in [0.1, 0.15) is 42.3 Å². The van der Waals surface area contributed by atoms with E-state index in [2.05, 4.69) is 20.8 Å². The van der Waals surface area contributed by atoms with Crippen LogP contribution >= 0.6 is 0 Å². The molecule has 0 saturated heterocycles. The minimum Gasteiger partial charge on any atom is -0.507 e. The lowest BCUT2D eigenvalue weighted by molar-refractivity contribution is 0.104. The fraction of sp³-hybridized carbons (Fsp3) is 0.250. The molecule has 0 heterocycles. The Morgan fingerprint density at radius 1 is 0.958 bits per heavy atom. The first-order chi connectivity index (χ1) is 11.3. The highest BCUT2D eigenvalue weighted by atomic mass is 16.3. The van der Waals surface area contributed by atoms with Gasteiger partial charge >= 0.3 is 0 Å². The van der Waals surface area contributed by atoms with Crippen molar-refractivity contribution < 1.29 is 20.1 Å². The molecule has 1 aliphatic carbocycles. The van der Waals surface area contributed by atoms with Crippen LogP contribution in [0.5, 0.6) is 17.2 Å². The monoisotopic (exact) mass is 326 g/mol. The number of aromatic hydroxyl groups is 3. The zero-order chi connectivity index (χ0) is 17.9. The summed E-state index contributed by atoms with van der Waals surface area (Å²) in [5.74, 6) is -0.641. The normalized spacial score (nSPS) is 13.0. The smallest absolute Gasteiger partial charge is 0.190 e. The van der Waals surface area contributed by atoms with Crippen LogP contribution in [0, 0.1) is 5.92 Å². The molecule has 0 aliphatic heterocycles. The molecule has 126 valence electrons. The third-order valence-corrected chi connectivity index (χ3v) is 3.42. The molecule has 4 nitrogen and oxygen atoms in total.